The number of aromatic nitrogens is 1. The normalized spacial score (nSPS) is 15.0. The molecule has 7 nitrogen and oxygen atoms in total. The zero-order valence-corrected chi connectivity index (χ0v) is 16.2. The molecule has 0 unspecified atom stereocenters. The lowest BCUT2D eigenvalue weighted by atomic mass is 10.1. The van der Waals surface area contributed by atoms with Gasteiger partial charge in [-0.05, 0) is 32.0 Å². The van der Waals surface area contributed by atoms with Gasteiger partial charge in [0, 0.05) is 18.7 Å². The fourth-order valence-electron chi connectivity index (χ4n) is 2.62. The molecule has 1 N–H and O–H groups in total. The third kappa shape index (κ3) is 4.42. The number of anilines is 1. The number of nitrogens with one attached hydrogen (secondary N) is 1. The van der Waals surface area contributed by atoms with Crippen molar-refractivity contribution in [1.82, 2.24) is 10.4 Å². The minimum atomic E-state index is -0.482. The van der Waals surface area contributed by atoms with Crippen LogP contribution in [0.2, 0.25) is 0 Å². The molecule has 0 saturated carbocycles. The number of morpholine rings is 1. The van der Waals surface area contributed by atoms with E-state index >= 15 is 0 Å². The third-order valence-corrected chi connectivity index (χ3v) is 5.38. The maximum absolute atomic E-state index is 13.8. The summed E-state index contributed by atoms with van der Waals surface area (Å²) < 4.78 is 24.1. The number of benzene rings is 1. The molecule has 0 bridgehead atoms. The average Bonchev–Trinajstić information content (AvgIpc) is 3.08. The SMILES string of the molecule is COc1ccc(/C(C)=N\NC(=O)c2sc(N3CCOCC3)nc2C)cc1F. The molecule has 0 aliphatic carbocycles. The van der Waals surface area contributed by atoms with Crippen LogP contribution in [0.3, 0.4) is 0 Å². The molecule has 1 saturated heterocycles. The topological polar surface area (TPSA) is 76.0 Å². The lowest BCUT2D eigenvalue weighted by Crippen LogP contribution is -2.36. The number of thiazole rings is 1. The van der Waals surface area contributed by atoms with E-state index in [-0.39, 0.29) is 11.7 Å². The maximum atomic E-state index is 13.8. The van der Waals surface area contributed by atoms with Gasteiger partial charge in [0.25, 0.3) is 5.91 Å². The van der Waals surface area contributed by atoms with Gasteiger partial charge in [0.2, 0.25) is 0 Å². The fraction of sp³-hybridized carbons (Fsp3) is 0.389. The summed E-state index contributed by atoms with van der Waals surface area (Å²) in [7, 11) is 1.40. The Morgan fingerprint density at radius 1 is 1.41 bits per heavy atom. The lowest BCUT2D eigenvalue weighted by Gasteiger charge is -2.25. The molecule has 2 aromatic rings. The van der Waals surface area contributed by atoms with Gasteiger partial charge >= 0.3 is 0 Å². The molecular weight excluding hydrogens is 371 g/mol. The fourth-order valence-corrected chi connectivity index (χ4v) is 3.63. The molecule has 2 heterocycles. The second-order valence-electron chi connectivity index (χ2n) is 6.00. The number of carbonyl (C=O) groups excluding carboxylic acids is 1. The molecule has 0 radical (unpaired) electrons. The number of hydrogen-bond donors (Lipinski definition) is 1. The van der Waals surface area contributed by atoms with Gasteiger partial charge in [-0.15, -0.1) is 0 Å². The van der Waals surface area contributed by atoms with Crippen molar-refractivity contribution in [3.63, 3.8) is 0 Å². The van der Waals surface area contributed by atoms with E-state index in [9.17, 15) is 9.18 Å². The number of nitrogens with zero attached hydrogens (tertiary/aromatic N) is 3. The summed E-state index contributed by atoms with van der Waals surface area (Å²) >= 11 is 1.33. The summed E-state index contributed by atoms with van der Waals surface area (Å²) in [6.45, 7) is 6.32. The highest BCUT2D eigenvalue weighted by molar-refractivity contribution is 7.17. The number of ether oxygens (including phenoxy) is 2. The quantitative estimate of drug-likeness (QED) is 0.625. The summed E-state index contributed by atoms with van der Waals surface area (Å²) in [5.74, 6) is -0.659. The number of aryl methyl sites for hydroxylation is 1. The van der Waals surface area contributed by atoms with Gasteiger partial charge in [-0.3, -0.25) is 4.79 Å². The molecule has 9 heteroatoms. The zero-order valence-electron chi connectivity index (χ0n) is 15.4. The van der Waals surface area contributed by atoms with Gasteiger partial charge in [0.05, 0.1) is 31.7 Å². The summed E-state index contributed by atoms with van der Waals surface area (Å²) in [6, 6.07) is 4.52. The van der Waals surface area contributed by atoms with Gasteiger partial charge in [-0.2, -0.15) is 5.10 Å². The minimum absolute atomic E-state index is 0.159. The highest BCUT2D eigenvalue weighted by Crippen LogP contribution is 2.26. The summed E-state index contributed by atoms with van der Waals surface area (Å²) in [5, 5.41) is 4.89. The number of halogens is 1. The first-order valence-corrected chi connectivity index (χ1v) is 9.30. The van der Waals surface area contributed by atoms with E-state index in [2.05, 4.69) is 20.4 Å². The molecule has 1 fully saturated rings. The van der Waals surface area contributed by atoms with E-state index in [0.29, 0.717) is 35.1 Å². The predicted molar refractivity (Wildman–Crippen MR) is 103 cm³/mol. The van der Waals surface area contributed by atoms with E-state index < -0.39 is 5.82 Å². The number of hydrazone groups is 1. The van der Waals surface area contributed by atoms with E-state index in [1.54, 1.807) is 19.9 Å². The van der Waals surface area contributed by atoms with Crippen molar-refractivity contribution in [2.24, 2.45) is 5.10 Å². The summed E-state index contributed by atoms with van der Waals surface area (Å²) in [5.41, 5.74) is 4.23. The van der Waals surface area contributed by atoms with Crippen molar-refractivity contribution >= 4 is 28.1 Å². The van der Waals surface area contributed by atoms with E-state index in [4.69, 9.17) is 9.47 Å². The molecular formula is C18H21FN4O3S. The monoisotopic (exact) mass is 392 g/mol. The van der Waals surface area contributed by atoms with Crippen LogP contribution < -0.4 is 15.1 Å². The number of methoxy groups -OCH3 is 1. The van der Waals surface area contributed by atoms with Gasteiger partial charge < -0.3 is 14.4 Å². The highest BCUT2D eigenvalue weighted by Gasteiger charge is 2.20. The van der Waals surface area contributed by atoms with Crippen LogP contribution in [-0.4, -0.2) is 50.0 Å². The van der Waals surface area contributed by atoms with Crippen molar-refractivity contribution < 1.29 is 18.7 Å². The van der Waals surface area contributed by atoms with Gasteiger partial charge in [0.1, 0.15) is 4.88 Å². The second-order valence-corrected chi connectivity index (χ2v) is 6.98. The smallest absolute Gasteiger partial charge is 0.283 e. The Labute approximate surface area is 160 Å². The Morgan fingerprint density at radius 2 is 2.15 bits per heavy atom. The number of carbonyl (C=O) groups is 1. The lowest BCUT2D eigenvalue weighted by molar-refractivity contribution is 0.0958. The van der Waals surface area contributed by atoms with E-state index in [0.717, 1.165) is 18.2 Å². The number of rotatable bonds is 5. The molecule has 3 rings (SSSR count). The first-order chi connectivity index (χ1) is 13.0. The van der Waals surface area contributed by atoms with Crippen molar-refractivity contribution in [1.29, 1.82) is 0 Å². The first kappa shape index (κ1) is 19.2. The van der Waals surface area contributed by atoms with Crippen LogP contribution in [0.1, 0.15) is 27.9 Å². The van der Waals surface area contributed by atoms with Crippen LogP contribution in [-0.2, 0) is 4.74 Å². The van der Waals surface area contributed by atoms with Crippen molar-refractivity contribution in [3.05, 3.63) is 40.2 Å². The molecule has 0 spiro atoms. The highest BCUT2D eigenvalue weighted by atomic mass is 32.1. The van der Waals surface area contributed by atoms with Crippen LogP contribution in [0.25, 0.3) is 0 Å². The molecule has 1 aromatic heterocycles. The Kier molecular flexibility index (Phi) is 6.02. The first-order valence-electron chi connectivity index (χ1n) is 8.48. The van der Waals surface area contributed by atoms with Crippen molar-refractivity contribution in [2.45, 2.75) is 13.8 Å². The van der Waals surface area contributed by atoms with E-state index in [1.807, 2.05) is 0 Å². The zero-order chi connectivity index (χ0) is 19.4. The predicted octanol–water partition coefficient (Wildman–Crippen LogP) is 2.59. The molecule has 1 amide bonds. The number of amides is 1. The van der Waals surface area contributed by atoms with Crippen LogP contribution in [0.4, 0.5) is 9.52 Å². The Morgan fingerprint density at radius 3 is 2.81 bits per heavy atom. The third-order valence-electron chi connectivity index (χ3n) is 4.17. The Balaban J connectivity index is 1.70. The molecule has 144 valence electrons. The summed E-state index contributed by atoms with van der Waals surface area (Å²) in [4.78, 5) is 19.6. The largest absolute Gasteiger partial charge is 0.494 e. The van der Waals surface area contributed by atoms with Crippen LogP contribution in [0, 0.1) is 12.7 Å². The minimum Gasteiger partial charge on any atom is -0.494 e. The van der Waals surface area contributed by atoms with Crippen LogP contribution in [0.15, 0.2) is 23.3 Å². The molecule has 1 aliphatic rings. The Hall–Kier alpha value is -2.52. The molecule has 1 aromatic carbocycles. The van der Waals surface area contributed by atoms with Crippen molar-refractivity contribution in [2.75, 3.05) is 38.3 Å². The second kappa shape index (κ2) is 8.45. The maximum Gasteiger partial charge on any atom is 0.283 e. The van der Waals surface area contributed by atoms with Crippen LogP contribution in [0.5, 0.6) is 5.75 Å². The molecule has 27 heavy (non-hydrogen) atoms. The average molecular weight is 392 g/mol. The van der Waals surface area contributed by atoms with Gasteiger partial charge in [0.15, 0.2) is 16.7 Å². The van der Waals surface area contributed by atoms with Gasteiger partial charge in [-0.1, -0.05) is 11.3 Å². The molecule has 0 atom stereocenters. The van der Waals surface area contributed by atoms with Gasteiger partial charge in [-0.25, -0.2) is 14.8 Å². The van der Waals surface area contributed by atoms with Crippen LogP contribution >= 0.6 is 11.3 Å². The van der Waals surface area contributed by atoms with Crippen molar-refractivity contribution in [3.8, 4) is 5.75 Å². The molecule has 1 aliphatic heterocycles. The standard InChI is InChI=1S/C18H21FN4O3S/c1-11(13-4-5-15(25-3)14(19)10-13)21-22-17(24)16-12(2)20-18(27-16)23-6-8-26-9-7-23/h4-5,10H,6-9H2,1-3H3,(H,22,24)/b21-11-. The Bertz CT molecular complexity index is 862. The summed E-state index contributed by atoms with van der Waals surface area (Å²) in [6.07, 6.45) is 0. The van der Waals surface area contributed by atoms with E-state index in [1.165, 1.54) is 30.6 Å². The number of hydrogen-bond acceptors (Lipinski definition) is 7.